The van der Waals surface area contributed by atoms with Crippen LogP contribution >= 0.6 is 0 Å². The van der Waals surface area contributed by atoms with Crippen LogP contribution in [0.3, 0.4) is 0 Å². The molecule has 1 heterocycles. The fraction of sp³-hybridized carbons (Fsp3) is 0.467. The largest absolute Gasteiger partial charge is 0.496 e. The van der Waals surface area contributed by atoms with Gasteiger partial charge < -0.3 is 19.3 Å². The fourth-order valence-corrected chi connectivity index (χ4v) is 5.81. The number of ether oxygens (including phenoxy) is 2. The van der Waals surface area contributed by atoms with Crippen LogP contribution in [0.2, 0.25) is 0 Å². The molecule has 0 spiro atoms. The highest BCUT2D eigenvalue weighted by Gasteiger charge is 2.38. The molecule has 1 aliphatic carbocycles. The molecule has 34 heavy (non-hydrogen) atoms. The standard InChI is InChI=1S/C30H40N2O2/c1-5-28(31(2)3)26(24-13-15-25(16-14-24)32-19-21-34-22-20-32)23-30(17-9-6-10-18-30)27-11-7-8-12-29(27)33-4/h6-17,26,28H,5,18-23H2,1-4H3. The van der Waals surface area contributed by atoms with E-state index in [2.05, 4.69) is 104 Å². The molecule has 0 amide bonds. The zero-order valence-electron chi connectivity index (χ0n) is 21.2. The first kappa shape index (κ1) is 24.6. The molecule has 0 N–H and O–H groups in total. The summed E-state index contributed by atoms with van der Waals surface area (Å²) >= 11 is 0. The molecule has 3 atom stereocenters. The predicted molar refractivity (Wildman–Crippen MR) is 142 cm³/mol. The highest BCUT2D eigenvalue weighted by Crippen LogP contribution is 2.46. The average Bonchev–Trinajstić information content (AvgIpc) is 2.89. The molecule has 1 fully saturated rings. The maximum atomic E-state index is 5.84. The third-order valence-electron chi connectivity index (χ3n) is 7.62. The van der Waals surface area contributed by atoms with Crippen LogP contribution < -0.4 is 9.64 Å². The number of hydrogen-bond acceptors (Lipinski definition) is 4. The van der Waals surface area contributed by atoms with E-state index in [9.17, 15) is 0 Å². The summed E-state index contributed by atoms with van der Waals surface area (Å²) < 4.78 is 11.4. The Kier molecular flexibility index (Phi) is 8.12. The normalized spacial score (nSPS) is 22.1. The number of anilines is 1. The van der Waals surface area contributed by atoms with E-state index in [1.54, 1.807) is 7.11 Å². The molecular weight excluding hydrogens is 420 g/mol. The Labute approximate surface area is 205 Å². The smallest absolute Gasteiger partial charge is 0.122 e. The number of methoxy groups -OCH3 is 1. The van der Waals surface area contributed by atoms with Crippen molar-refractivity contribution in [2.24, 2.45) is 0 Å². The second kappa shape index (κ2) is 11.2. The summed E-state index contributed by atoms with van der Waals surface area (Å²) in [5.41, 5.74) is 3.89. The number of hydrogen-bond donors (Lipinski definition) is 0. The lowest BCUT2D eigenvalue weighted by molar-refractivity contribution is 0.122. The molecule has 0 bridgehead atoms. The van der Waals surface area contributed by atoms with Crippen LogP contribution in [0.5, 0.6) is 5.75 Å². The molecule has 1 aliphatic heterocycles. The Morgan fingerprint density at radius 2 is 1.76 bits per heavy atom. The van der Waals surface area contributed by atoms with Gasteiger partial charge >= 0.3 is 0 Å². The van der Waals surface area contributed by atoms with Crippen molar-refractivity contribution < 1.29 is 9.47 Å². The molecule has 2 aliphatic rings. The van der Waals surface area contributed by atoms with E-state index in [4.69, 9.17) is 9.47 Å². The SMILES string of the molecule is CCC(C(CC1(c2ccccc2OC)C=CC=CC1)c1ccc(N2CCOCC2)cc1)N(C)C. The lowest BCUT2D eigenvalue weighted by Crippen LogP contribution is -2.38. The molecule has 4 heteroatoms. The lowest BCUT2D eigenvalue weighted by atomic mass is 9.66. The summed E-state index contributed by atoms with van der Waals surface area (Å²) in [4.78, 5) is 4.83. The number of morpholine rings is 1. The van der Waals surface area contributed by atoms with E-state index in [1.165, 1.54) is 16.8 Å². The monoisotopic (exact) mass is 460 g/mol. The number of allylic oxidation sites excluding steroid dienone is 4. The van der Waals surface area contributed by atoms with Crippen molar-refractivity contribution in [3.05, 3.63) is 84.0 Å². The molecule has 2 aromatic carbocycles. The third-order valence-corrected chi connectivity index (χ3v) is 7.62. The summed E-state index contributed by atoms with van der Waals surface area (Å²) in [6, 6.07) is 18.3. The van der Waals surface area contributed by atoms with Gasteiger partial charge in [-0.25, -0.2) is 0 Å². The highest BCUT2D eigenvalue weighted by atomic mass is 16.5. The molecule has 0 saturated carbocycles. The van der Waals surface area contributed by atoms with Crippen LogP contribution in [0.4, 0.5) is 5.69 Å². The van der Waals surface area contributed by atoms with Gasteiger partial charge in [0.15, 0.2) is 0 Å². The van der Waals surface area contributed by atoms with Crippen molar-refractivity contribution in [3.8, 4) is 5.75 Å². The van der Waals surface area contributed by atoms with Crippen molar-refractivity contribution in [1.82, 2.24) is 4.90 Å². The molecule has 0 aromatic heterocycles. The third kappa shape index (κ3) is 5.24. The van der Waals surface area contributed by atoms with Gasteiger partial charge in [0.05, 0.1) is 20.3 Å². The van der Waals surface area contributed by atoms with Crippen LogP contribution in [0, 0.1) is 0 Å². The number of likely N-dealkylation sites (N-methyl/N-ethyl adjacent to an activating group) is 1. The Balaban J connectivity index is 1.71. The van der Waals surface area contributed by atoms with Gasteiger partial charge in [-0.2, -0.15) is 0 Å². The quantitative estimate of drug-likeness (QED) is 0.472. The average molecular weight is 461 g/mol. The maximum absolute atomic E-state index is 5.84. The molecule has 4 rings (SSSR count). The van der Waals surface area contributed by atoms with Gasteiger partial charge in [0.25, 0.3) is 0 Å². The predicted octanol–water partition coefficient (Wildman–Crippen LogP) is 5.80. The van der Waals surface area contributed by atoms with Gasteiger partial charge in [-0.15, -0.1) is 0 Å². The molecule has 0 radical (unpaired) electrons. The second-order valence-electron chi connectivity index (χ2n) is 9.79. The minimum absolute atomic E-state index is 0.0989. The van der Waals surface area contributed by atoms with Crippen LogP contribution in [-0.4, -0.2) is 58.5 Å². The molecule has 4 nitrogen and oxygen atoms in total. The van der Waals surface area contributed by atoms with Gasteiger partial charge in [-0.1, -0.05) is 61.6 Å². The lowest BCUT2D eigenvalue weighted by Gasteiger charge is -2.41. The van der Waals surface area contributed by atoms with E-state index in [-0.39, 0.29) is 5.41 Å². The maximum Gasteiger partial charge on any atom is 0.122 e. The summed E-state index contributed by atoms with van der Waals surface area (Å²) in [7, 11) is 6.22. The van der Waals surface area contributed by atoms with Crippen LogP contribution in [0.25, 0.3) is 0 Å². The Bertz CT molecular complexity index is 976. The van der Waals surface area contributed by atoms with Crippen LogP contribution in [0.1, 0.15) is 43.2 Å². The van der Waals surface area contributed by atoms with E-state index in [0.717, 1.165) is 51.3 Å². The summed E-state index contributed by atoms with van der Waals surface area (Å²) in [6.45, 7) is 5.86. The van der Waals surface area contributed by atoms with Gasteiger partial charge in [0.2, 0.25) is 0 Å². The molecule has 182 valence electrons. The Hall–Kier alpha value is -2.56. The zero-order valence-corrected chi connectivity index (χ0v) is 21.2. The van der Waals surface area contributed by atoms with Crippen molar-refractivity contribution in [2.45, 2.75) is 43.6 Å². The number of rotatable bonds is 9. The minimum Gasteiger partial charge on any atom is -0.496 e. The van der Waals surface area contributed by atoms with Crippen molar-refractivity contribution in [3.63, 3.8) is 0 Å². The van der Waals surface area contributed by atoms with E-state index in [1.807, 2.05) is 0 Å². The minimum atomic E-state index is -0.0989. The first-order valence-electron chi connectivity index (χ1n) is 12.6. The highest BCUT2D eigenvalue weighted by molar-refractivity contribution is 5.50. The molecule has 1 saturated heterocycles. The first-order valence-corrected chi connectivity index (χ1v) is 12.6. The Morgan fingerprint density at radius 3 is 2.38 bits per heavy atom. The topological polar surface area (TPSA) is 24.9 Å². The van der Waals surface area contributed by atoms with Gasteiger partial charge in [-0.05, 0) is 57.1 Å². The van der Waals surface area contributed by atoms with Crippen LogP contribution in [-0.2, 0) is 10.2 Å². The van der Waals surface area contributed by atoms with Crippen molar-refractivity contribution in [2.75, 3.05) is 52.4 Å². The summed E-state index contributed by atoms with van der Waals surface area (Å²) in [5.74, 6) is 1.36. The second-order valence-corrected chi connectivity index (χ2v) is 9.79. The molecule has 2 aromatic rings. The molecule has 3 unspecified atom stereocenters. The Morgan fingerprint density at radius 1 is 1.03 bits per heavy atom. The van der Waals surface area contributed by atoms with Crippen LogP contribution in [0.15, 0.2) is 72.8 Å². The number of para-hydroxylation sites is 1. The van der Waals surface area contributed by atoms with E-state index < -0.39 is 0 Å². The van der Waals surface area contributed by atoms with E-state index in [0.29, 0.717) is 12.0 Å². The number of nitrogens with zero attached hydrogens (tertiary/aromatic N) is 2. The van der Waals surface area contributed by atoms with Gasteiger partial charge in [-0.3, -0.25) is 0 Å². The first-order chi connectivity index (χ1) is 16.6. The van der Waals surface area contributed by atoms with Gasteiger partial charge in [0.1, 0.15) is 5.75 Å². The summed E-state index contributed by atoms with van der Waals surface area (Å²) in [6.07, 6.45) is 12.2. The zero-order chi connectivity index (χ0) is 24.0. The fourth-order valence-electron chi connectivity index (χ4n) is 5.81. The number of benzene rings is 2. The van der Waals surface area contributed by atoms with Crippen molar-refractivity contribution in [1.29, 1.82) is 0 Å². The summed E-state index contributed by atoms with van der Waals surface area (Å²) in [5, 5.41) is 0. The molecular formula is C30H40N2O2. The van der Waals surface area contributed by atoms with Crippen molar-refractivity contribution >= 4 is 5.69 Å². The van der Waals surface area contributed by atoms with E-state index >= 15 is 0 Å². The van der Waals surface area contributed by atoms with Gasteiger partial charge in [0, 0.05) is 41.7 Å².